The first-order valence-electron chi connectivity index (χ1n) is 9.23. The number of pyridine rings is 1. The molecule has 6 heteroatoms. The number of aromatic nitrogens is 3. The number of methoxy groups -OCH3 is 1. The van der Waals surface area contributed by atoms with Crippen molar-refractivity contribution in [2.75, 3.05) is 7.11 Å². The first kappa shape index (κ1) is 19.3. The highest BCUT2D eigenvalue weighted by Gasteiger charge is 2.10. The van der Waals surface area contributed by atoms with E-state index >= 15 is 0 Å². The van der Waals surface area contributed by atoms with Crippen molar-refractivity contribution in [1.82, 2.24) is 15.0 Å². The Kier molecular flexibility index (Phi) is 5.20. The Morgan fingerprint density at radius 3 is 2.48 bits per heavy atom. The van der Waals surface area contributed by atoms with Gasteiger partial charge in [0.1, 0.15) is 11.6 Å². The predicted molar refractivity (Wildman–Crippen MR) is 119 cm³/mol. The molecule has 0 aliphatic rings. The van der Waals surface area contributed by atoms with Gasteiger partial charge in [0.25, 0.3) is 5.56 Å². The Labute approximate surface area is 176 Å². The van der Waals surface area contributed by atoms with Crippen LogP contribution < -0.4 is 10.3 Å². The summed E-state index contributed by atoms with van der Waals surface area (Å²) in [5.41, 5.74) is 5.87. The molecule has 0 aliphatic carbocycles. The second-order valence-electron chi connectivity index (χ2n) is 7.12. The number of nitrogens with one attached hydrogen (secondary N) is 1. The van der Waals surface area contributed by atoms with E-state index in [0.717, 1.165) is 21.3 Å². The largest absolute Gasteiger partial charge is 0.496 e. The molecule has 0 fully saturated rings. The van der Waals surface area contributed by atoms with E-state index in [2.05, 4.69) is 62.9 Å². The molecule has 2 aromatic heterocycles. The molecule has 0 amide bonds. The Balaban J connectivity index is 1.64. The Morgan fingerprint density at radius 2 is 1.83 bits per heavy atom. The van der Waals surface area contributed by atoms with E-state index in [1.165, 1.54) is 11.1 Å². The number of benzene rings is 2. The topological polar surface area (TPSA) is 67.9 Å². The van der Waals surface area contributed by atoms with Crippen LogP contribution in [0.1, 0.15) is 22.5 Å². The zero-order valence-electron chi connectivity index (χ0n) is 16.4. The number of aryl methyl sites for hydroxylation is 2. The molecule has 4 aromatic rings. The van der Waals surface area contributed by atoms with Gasteiger partial charge in [0.05, 0.1) is 28.2 Å². The van der Waals surface area contributed by atoms with Crippen molar-refractivity contribution in [2.24, 2.45) is 0 Å². The first-order chi connectivity index (χ1) is 13.9. The molecular formula is C23H20BrN3O2. The summed E-state index contributed by atoms with van der Waals surface area (Å²) < 4.78 is 6.02. The number of H-pyrrole nitrogens is 1. The van der Waals surface area contributed by atoms with Crippen LogP contribution in [0.5, 0.6) is 5.75 Å². The van der Waals surface area contributed by atoms with Crippen LogP contribution in [-0.2, 0) is 6.42 Å². The molecule has 0 bridgehead atoms. The fraction of sp³-hybridized carbons (Fsp3) is 0.174. The van der Waals surface area contributed by atoms with Crippen molar-refractivity contribution in [3.63, 3.8) is 0 Å². The monoisotopic (exact) mass is 449 g/mol. The lowest BCUT2D eigenvalue weighted by molar-refractivity contribution is 0.412. The SMILES string of the molecule is COc1cc2c(=O)[nH]c(Cc3ccc(-c4cc(C)cc(C)c4)nc3)nc2cc1Br. The second-order valence-corrected chi connectivity index (χ2v) is 7.98. The summed E-state index contributed by atoms with van der Waals surface area (Å²) in [5, 5.41) is 0.497. The van der Waals surface area contributed by atoms with E-state index in [1.807, 2.05) is 18.3 Å². The first-order valence-corrected chi connectivity index (χ1v) is 10.0. The van der Waals surface area contributed by atoms with Crippen LogP contribution in [0.3, 0.4) is 0 Å². The minimum absolute atomic E-state index is 0.185. The number of hydrogen-bond donors (Lipinski definition) is 1. The third-order valence-electron chi connectivity index (χ3n) is 4.74. The smallest absolute Gasteiger partial charge is 0.258 e. The summed E-state index contributed by atoms with van der Waals surface area (Å²) >= 11 is 3.45. The van der Waals surface area contributed by atoms with Crippen molar-refractivity contribution in [3.05, 3.63) is 86.0 Å². The number of rotatable bonds is 4. The minimum Gasteiger partial charge on any atom is -0.496 e. The van der Waals surface area contributed by atoms with Crippen molar-refractivity contribution < 1.29 is 4.74 Å². The van der Waals surface area contributed by atoms with Crippen molar-refractivity contribution in [3.8, 4) is 17.0 Å². The fourth-order valence-electron chi connectivity index (χ4n) is 3.44. The summed E-state index contributed by atoms with van der Waals surface area (Å²) in [7, 11) is 1.57. The lowest BCUT2D eigenvalue weighted by Crippen LogP contribution is -2.12. The van der Waals surface area contributed by atoms with Crippen LogP contribution >= 0.6 is 15.9 Å². The number of hydrogen-bond acceptors (Lipinski definition) is 4. The molecule has 0 aliphatic heterocycles. The van der Waals surface area contributed by atoms with Crippen LogP contribution in [0.15, 0.2) is 57.9 Å². The molecule has 0 atom stereocenters. The molecule has 2 aromatic carbocycles. The number of ether oxygens (including phenoxy) is 1. The number of aromatic amines is 1. The number of halogens is 1. The van der Waals surface area contributed by atoms with Gasteiger partial charge in [0.2, 0.25) is 0 Å². The highest BCUT2D eigenvalue weighted by molar-refractivity contribution is 9.10. The molecule has 29 heavy (non-hydrogen) atoms. The van der Waals surface area contributed by atoms with Crippen LogP contribution in [0.2, 0.25) is 0 Å². The Hall–Kier alpha value is -2.99. The van der Waals surface area contributed by atoms with Gasteiger partial charge < -0.3 is 9.72 Å². The summed E-state index contributed by atoms with van der Waals surface area (Å²) in [6.45, 7) is 4.17. The lowest BCUT2D eigenvalue weighted by atomic mass is 10.0. The van der Waals surface area contributed by atoms with Gasteiger partial charge in [-0.15, -0.1) is 0 Å². The zero-order valence-corrected chi connectivity index (χ0v) is 18.0. The molecule has 0 radical (unpaired) electrons. The van der Waals surface area contributed by atoms with Crippen molar-refractivity contribution in [2.45, 2.75) is 20.3 Å². The maximum Gasteiger partial charge on any atom is 0.258 e. The average Bonchev–Trinajstić information content (AvgIpc) is 2.67. The third kappa shape index (κ3) is 4.07. The van der Waals surface area contributed by atoms with Gasteiger partial charge in [-0.2, -0.15) is 0 Å². The van der Waals surface area contributed by atoms with Crippen molar-refractivity contribution >= 4 is 26.8 Å². The van der Waals surface area contributed by atoms with Crippen LogP contribution in [0.25, 0.3) is 22.2 Å². The number of nitrogens with zero attached hydrogens (tertiary/aromatic N) is 2. The average molecular weight is 450 g/mol. The maximum absolute atomic E-state index is 12.5. The van der Waals surface area contributed by atoms with Gasteiger partial charge in [-0.1, -0.05) is 23.3 Å². The fourth-order valence-corrected chi connectivity index (χ4v) is 3.94. The molecule has 1 N–H and O–H groups in total. The zero-order chi connectivity index (χ0) is 20.5. The van der Waals surface area contributed by atoms with Crippen LogP contribution in [-0.4, -0.2) is 22.1 Å². The summed E-state index contributed by atoms with van der Waals surface area (Å²) in [6, 6.07) is 13.9. The standard InChI is InChI=1S/C23H20BrN3O2/c1-13-6-14(2)8-16(7-13)19-5-4-15(12-25-19)9-22-26-20-11-18(24)21(29-3)10-17(20)23(28)27-22/h4-8,10-12H,9H2,1-3H3,(H,26,27,28). The van der Waals surface area contributed by atoms with Gasteiger partial charge in [-0.25, -0.2) is 4.98 Å². The van der Waals surface area contributed by atoms with Gasteiger partial charge in [0.15, 0.2) is 0 Å². The van der Waals surface area contributed by atoms with E-state index in [9.17, 15) is 4.79 Å². The summed E-state index contributed by atoms with van der Waals surface area (Å²) in [6.07, 6.45) is 2.33. The molecule has 5 nitrogen and oxygen atoms in total. The Morgan fingerprint density at radius 1 is 1.07 bits per heavy atom. The van der Waals surface area contributed by atoms with Crippen molar-refractivity contribution in [1.29, 1.82) is 0 Å². The third-order valence-corrected chi connectivity index (χ3v) is 5.36. The number of fused-ring (bicyclic) bond motifs is 1. The molecular weight excluding hydrogens is 430 g/mol. The predicted octanol–water partition coefficient (Wildman–Crippen LogP) is 4.96. The van der Waals surface area contributed by atoms with E-state index < -0.39 is 0 Å². The van der Waals surface area contributed by atoms with Gasteiger partial charge in [0, 0.05) is 18.2 Å². The summed E-state index contributed by atoms with van der Waals surface area (Å²) in [5.74, 6) is 1.20. The quantitative estimate of drug-likeness (QED) is 0.477. The molecule has 4 rings (SSSR count). The molecule has 0 spiro atoms. The Bertz CT molecular complexity index is 1240. The van der Waals surface area contributed by atoms with Gasteiger partial charge in [-0.3, -0.25) is 9.78 Å². The van der Waals surface area contributed by atoms with Gasteiger partial charge in [-0.05, 0) is 65.7 Å². The molecule has 0 saturated carbocycles. The molecule has 0 unspecified atom stereocenters. The van der Waals surface area contributed by atoms with E-state index in [1.54, 1.807) is 19.2 Å². The lowest BCUT2D eigenvalue weighted by Gasteiger charge is -2.08. The van der Waals surface area contributed by atoms with Crippen LogP contribution in [0, 0.1) is 13.8 Å². The normalized spacial score (nSPS) is 11.0. The molecule has 146 valence electrons. The molecule has 0 saturated heterocycles. The highest BCUT2D eigenvalue weighted by atomic mass is 79.9. The van der Waals surface area contributed by atoms with Gasteiger partial charge >= 0.3 is 0 Å². The minimum atomic E-state index is -0.185. The second kappa shape index (κ2) is 7.79. The van der Waals surface area contributed by atoms with E-state index in [4.69, 9.17) is 4.74 Å². The maximum atomic E-state index is 12.5. The molecule has 2 heterocycles. The summed E-state index contributed by atoms with van der Waals surface area (Å²) in [4.78, 5) is 24.6. The van der Waals surface area contributed by atoms with E-state index in [0.29, 0.717) is 28.9 Å². The highest BCUT2D eigenvalue weighted by Crippen LogP contribution is 2.28. The van der Waals surface area contributed by atoms with Crippen LogP contribution in [0.4, 0.5) is 0 Å². The van der Waals surface area contributed by atoms with E-state index in [-0.39, 0.29) is 5.56 Å².